The summed E-state index contributed by atoms with van der Waals surface area (Å²) in [5, 5.41) is 19.4. The standard InChI is InChI=1S/C14H10N2O4/c17-11(9-1-5-15-6-2-9)13(19)14(20)12(18)10-3-7-16-8-4-10/h1-8,19-20H/b14-13+. The van der Waals surface area contributed by atoms with Gasteiger partial charge in [0.15, 0.2) is 0 Å². The smallest absolute Gasteiger partial charge is 0.231 e. The van der Waals surface area contributed by atoms with Crippen molar-refractivity contribution in [1.82, 2.24) is 9.97 Å². The van der Waals surface area contributed by atoms with E-state index >= 15 is 0 Å². The number of hydrogen-bond acceptors (Lipinski definition) is 6. The molecule has 0 aromatic carbocycles. The van der Waals surface area contributed by atoms with Crippen molar-refractivity contribution in [2.75, 3.05) is 0 Å². The Bertz CT molecular complexity index is 607. The van der Waals surface area contributed by atoms with Gasteiger partial charge in [-0.25, -0.2) is 0 Å². The second kappa shape index (κ2) is 5.75. The van der Waals surface area contributed by atoms with E-state index in [0.717, 1.165) is 0 Å². The highest BCUT2D eigenvalue weighted by atomic mass is 16.3. The van der Waals surface area contributed by atoms with Crippen molar-refractivity contribution in [2.24, 2.45) is 0 Å². The third-order valence-electron chi connectivity index (χ3n) is 2.54. The maximum atomic E-state index is 11.9. The van der Waals surface area contributed by atoms with Crippen molar-refractivity contribution in [2.45, 2.75) is 0 Å². The average molecular weight is 270 g/mol. The molecule has 0 aliphatic rings. The summed E-state index contributed by atoms with van der Waals surface area (Å²) < 4.78 is 0. The lowest BCUT2D eigenvalue weighted by Gasteiger charge is -2.03. The molecule has 0 radical (unpaired) electrons. The van der Waals surface area contributed by atoms with E-state index in [9.17, 15) is 19.8 Å². The largest absolute Gasteiger partial charge is 0.501 e. The van der Waals surface area contributed by atoms with Gasteiger partial charge in [0.2, 0.25) is 23.1 Å². The first kappa shape index (κ1) is 13.4. The molecule has 0 bridgehead atoms. The Hall–Kier alpha value is -3.02. The van der Waals surface area contributed by atoms with Gasteiger partial charge in [-0.1, -0.05) is 0 Å². The number of rotatable bonds is 4. The molecule has 2 N–H and O–H groups in total. The van der Waals surface area contributed by atoms with Gasteiger partial charge in [-0.2, -0.15) is 0 Å². The average Bonchev–Trinajstić information content (AvgIpc) is 2.53. The first-order chi connectivity index (χ1) is 9.61. The van der Waals surface area contributed by atoms with Gasteiger partial charge >= 0.3 is 0 Å². The van der Waals surface area contributed by atoms with E-state index in [1.54, 1.807) is 0 Å². The summed E-state index contributed by atoms with van der Waals surface area (Å²) in [6.07, 6.45) is 5.45. The summed E-state index contributed by atoms with van der Waals surface area (Å²) in [5.41, 5.74) is 0.234. The van der Waals surface area contributed by atoms with Crippen molar-refractivity contribution in [3.8, 4) is 0 Å². The van der Waals surface area contributed by atoms with Gasteiger partial charge in [0.25, 0.3) is 0 Å². The molecular weight excluding hydrogens is 260 g/mol. The van der Waals surface area contributed by atoms with Crippen LogP contribution in [-0.2, 0) is 0 Å². The highest BCUT2D eigenvalue weighted by molar-refractivity contribution is 6.15. The maximum absolute atomic E-state index is 11.9. The number of nitrogens with zero attached hydrogens (tertiary/aromatic N) is 2. The molecule has 2 aromatic heterocycles. The van der Waals surface area contributed by atoms with Crippen molar-refractivity contribution in [3.05, 3.63) is 71.7 Å². The second-order valence-corrected chi connectivity index (χ2v) is 3.83. The fourth-order valence-electron chi connectivity index (χ4n) is 1.50. The minimum absolute atomic E-state index is 0.117. The number of ketones is 2. The summed E-state index contributed by atoms with van der Waals surface area (Å²) in [6.45, 7) is 0. The minimum atomic E-state index is -1.00. The molecule has 0 aliphatic carbocycles. The third-order valence-corrected chi connectivity index (χ3v) is 2.54. The summed E-state index contributed by atoms with van der Waals surface area (Å²) in [7, 11) is 0. The number of aliphatic hydroxyl groups is 2. The van der Waals surface area contributed by atoms with Gasteiger partial charge in [-0.05, 0) is 24.3 Å². The van der Waals surface area contributed by atoms with Crippen LogP contribution < -0.4 is 0 Å². The molecule has 0 saturated carbocycles. The molecule has 0 saturated heterocycles. The molecule has 0 spiro atoms. The third kappa shape index (κ3) is 2.69. The molecule has 6 nitrogen and oxygen atoms in total. The van der Waals surface area contributed by atoms with Crippen LogP contribution in [0.2, 0.25) is 0 Å². The SMILES string of the molecule is O=C(/C(O)=C(\O)C(=O)c1ccncc1)c1ccncc1. The molecule has 2 heterocycles. The van der Waals surface area contributed by atoms with Gasteiger partial charge in [0, 0.05) is 35.9 Å². The lowest BCUT2D eigenvalue weighted by Crippen LogP contribution is -2.12. The topological polar surface area (TPSA) is 100 Å². The lowest BCUT2D eigenvalue weighted by atomic mass is 10.1. The molecule has 0 unspecified atom stereocenters. The zero-order valence-corrected chi connectivity index (χ0v) is 10.2. The molecule has 0 amide bonds. The fraction of sp³-hybridized carbons (Fsp3) is 0. The first-order valence-electron chi connectivity index (χ1n) is 5.63. The predicted molar refractivity (Wildman–Crippen MR) is 69.4 cm³/mol. The second-order valence-electron chi connectivity index (χ2n) is 3.83. The summed E-state index contributed by atoms with van der Waals surface area (Å²) in [5.74, 6) is -3.71. The number of hydrogen-bond donors (Lipinski definition) is 2. The number of carbonyl (C=O) groups is 2. The molecule has 2 aromatic rings. The Balaban J connectivity index is 2.32. The van der Waals surface area contributed by atoms with Crippen LogP contribution in [0.25, 0.3) is 0 Å². The maximum Gasteiger partial charge on any atom is 0.231 e. The summed E-state index contributed by atoms with van der Waals surface area (Å²) >= 11 is 0. The summed E-state index contributed by atoms with van der Waals surface area (Å²) in [4.78, 5) is 31.2. The Morgan fingerprint density at radius 2 is 1.00 bits per heavy atom. The van der Waals surface area contributed by atoms with E-state index in [1.165, 1.54) is 49.1 Å². The zero-order valence-electron chi connectivity index (χ0n) is 10.2. The van der Waals surface area contributed by atoms with Crippen LogP contribution in [0.15, 0.2) is 60.6 Å². The molecular formula is C14H10N2O4. The first-order valence-corrected chi connectivity index (χ1v) is 5.63. The van der Waals surface area contributed by atoms with Crippen molar-refractivity contribution >= 4 is 11.6 Å². The number of allylic oxidation sites excluding steroid dienone is 2. The monoisotopic (exact) mass is 270 g/mol. The van der Waals surface area contributed by atoms with Gasteiger partial charge < -0.3 is 10.2 Å². The van der Waals surface area contributed by atoms with Gasteiger partial charge in [-0.3, -0.25) is 19.6 Å². The van der Waals surface area contributed by atoms with Crippen molar-refractivity contribution in [3.63, 3.8) is 0 Å². The van der Waals surface area contributed by atoms with Crippen LogP contribution in [0.5, 0.6) is 0 Å². The van der Waals surface area contributed by atoms with Gasteiger partial charge in [-0.15, -0.1) is 0 Å². The summed E-state index contributed by atoms with van der Waals surface area (Å²) in [6, 6.07) is 5.46. The molecule has 20 heavy (non-hydrogen) atoms. The van der Waals surface area contributed by atoms with Crippen LogP contribution in [0.4, 0.5) is 0 Å². The Morgan fingerprint density at radius 1 is 0.700 bits per heavy atom. The van der Waals surface area contributed by atoms with E-state index in [2.05, 4.69) is 9.97 Å². The fourth-order valence-corrected chi connectivity index (χ4v) is 1.50. The van der Waals surface area contributed by atoms with E-state index in [4.69, 9.17) is 0 Å². The Morgan fingerprint density at radius 3 is 1.30 bits per heavy atom. The number of pyridine rings is 2. The molecule has 0 fully saturated rings. The van der Waals surface area contributed by atoms with Crippen molar-refractivity contribution < 1.29 is 19.8 Å². The Labute approximate surface area is 114 Å². The number of aliphatic hydroxyl groups excluding tert-OH is 2. The minimum Gasteiger partial charge on any atom is -0.501 e. The van der Waals surface area contributed by atoms with Crippen LogP contribution in [-0.4, -0.2) is 31.7 Å². The van der Waals surface area contributed by atoms with Gasteiger partial charge in [0.05, 0.1) is 0 Å². The van der Waals surface area contributed by atoms with Gasteiger partial charge in [0.1, 0.15) is 0 Å². The highest BCUT2D eigenvalue weighted by Gasteiger charge is 2.22. The van der Waals surface area contributed by atoms with Crippen molar-refractivity contribution in [1.29, 1.82) is 0 Å². The number of Topliss-reactive ketones (excluding diaryl/α,β-unsaturated/α-hetero) is 2. The normalized spacial score (nSPS) is 11.6. The van der Waals surface area contributed by atoms with Crippen LogP contribution in [0.1, 0.15) is 20.7 Å². The Kier molecular flexibility index (Phi) is 3.85. The van der Waals surface area contributed by atoms with E-state index < -0.39 is 23.1 Å². The van der Waals surface area contributed by atoms with Crippen LogP contribution >= 0.6 is 0 Å². The van der Waals surface area contributed by atoms with E-state index in [0.29, 0.717) is 0 Å². The molecule has 0 aliphatic heterocycles. The number of carbonyl (C=O) groups excluding carboxylic acids is 2. The predicted octanol–water partition coefficient (Wildman–Crippen LogP) is 1.87. The molecule has 6 heteroatoms. The zero-order chi connectivity index (χ0) is 14.5. The van der Waals surface area contributed by atoms with Crippen LogP contribution in [0.3, 0.4) is 0 Å². The quantitative estimate of drug-likeness (QED) is 0.499. The number of aromatic nitrogens is 2. The molecule has 100 valence electrons. The van der Waals surface area contributed by atoms with E-state index in [1.807, 2.05) is 0 Å². The van der Waals surface area contributed by atoms with Crippen LogP contribution in [0, 0.1) is 0 Å². The molecule has 2 rings (SSSR count). The van der Waals surface area contributed by atoms with E-state index in [-0.39, 0.29) is 11.1 Å². The molecule has 0 atom stereocenters. The lowest BCUT2D eigenvalue weighted by molar-refractivity contribution is 0.0907. The highest BCUT2D eigenvalue weighted by Crippen LogP contribution is 2.12.